The van der Waals surface area contributed by atoms with Gasteiger partial charge in [0.2, 0.25) is 0 Å². The molecule has 2 aliphatic rings. The summed E-state index contributed by atoms with van der Waals surface area (Å²) in [5.41, 5.74) is -0.719. The predicted octanol–water partition coefficient (Wildman–Crippen LogP) is 0.467. The van der Waals surface area contributed by atoms with Crippen LogP contribution >= 0.6 is 0 Å². The number of aliphatic carboxylic acids is 1. The summed E-state index contributed by atoms with van der Waals surface area (Å²) in [6.07, 6.45) is 2.10. The maximum atomic E-state index is 11.8. The molecule has 1 saturated carbocycles. The second-order valence-electron chi connectivity index (χ2n) is 5.79. The van der Waals surface area contributed by atoms with Crippen LogP contribution < -0.4 is 5.32 Å². The van der Waals surface area contributed by atoms with Gasteiger partial charge >= 0.3 is 5.97 Å². The van der Waals surface area contributed by atoms with E-state index in [1.807, 2.05) is 6.92 Å². The molecule has 1 aliphatic carbocycles. The highest BCUT2D eigenvalue weighted by molar-refractivity contribution is 5.80. The molecule has 5 nitrogen and oxygen atoms in total. The first-order valence-electron chi connectivity index (χ1n) is 7.55. The summed E-state index contributed by atoms with van der Waals surface area (Å²) < 4.78 is 0. The molecule has 0 aromatic heterocycles. The van der Waals surface area contributed by atoms with Gasteiger partial charge in [-0.05, 0) is 31.8 Å². The van der Waals surface area contributed by atoms with Crippen molar-refractivity contribution in [3.05, 3.63) is 0 Å². The van der Waals surface area contributed by atoms with E-state index in [1.165, 1.54) is 0 Å². The SMILES string of the molecule is CCNC(CN1CCN(CC)CC1)(C(=O)O)C1CC1. The lowest BCUT2D eigenvalue weighted by Crippen LogP contribution is -2.62. The highest BCUT2D eigenvalue weighted by Gasteiger charge is 2.51. The molecule has 0 spiro atoms. The van der Waals surface area contributed by atoms with E-state index in [-0.39, 0.29) is 0 Å². The molecular formula is C14H27N3O2. The fourth-order valence-corrected chi connectivity index (χ4v) is 3.16. The van der Waals surface area contributed by atoms with Crippen molar-refractivity contribution in [3.63, 3.8) is 0 Å². The van der Waals surface area contributed by atoms with Crippen molar-refractivity contribution in [2.45, 2.75) is 32.2 Å². The fraction of sp³-hybridized carbons (Fsp3) is 0.929. The average molecular weight is 269 g/mol. The molecule has 1 heterocycles. The molecule has 0 radical (unpaired) electrons. The number of hydrogen-bond donors (Lipinski definition) is 2. The maximum Gasteiger partial charge on any atom is 0.325 e. The Morgan fingerprint density at radius 2 is 1.79 bits per heavy atom. The number of piperazine rings is 1. The second kappa shape index (κ2) is 6.20. The summed E-state index contributed by atoms with van der Waals surface area (Å²) >= 11 is 0. The van der Waals surface area contributed by atoms with Crippen molar-refractivity contribution in [3.8, 4) is 0 Å². The van der Waals surface area contributed by atoms with Gasteiger partial charge < -0.3 is 15.3 Å². The lowest BCUT2D eigenvalue weighted by molar-refractivity contribution is -0.147. The van der Waals surface area contributed by atoms with Crippen LogP contribution in [0, 0.1) is 5.92 Å². The Morgan fingerprint density at radius 3 is 2.21 bits per heavy atom. The topological polar surface area (TPSA) is 55.8 Å². The Labute approximate surface area is 115 Å². The van der Waals surface area contributed by atoms with Gasteiger partial charge in [0.15, 0.2) is 0 Å². The zero-order chi connectivity index (χ0) is 13.9. The first-order valence-corrected chi connectivity index (χ1v) is 7.55. The summed E-state index contributed by atoms with van der Waals surface area (Å²) in [7, 11) is 0. The molecule has 1 atom stereocenters. The van der Waals surface area contributed by atoms with Crippen molar-refractivity contribution in [2.75, 3.05) is 45.8 Å². The van der Waals surface area contributed by atoms with E-state index in [2.05, 4.69) is 22.0 Å². The van der Waals surface area contributed by atoms with Crippen molar-refractivity contribution >= 4 is 5.97 Å². The second-order valence-corrected chi connectivity index (χ2v) is 5.79. The highest BCUT2D eigenvalue weighted by Crippen LogP contribution is 2.40. The van der Waals surface area contributed by atoms with Gasteiger partial charge in [0.25, 0.3) is 0 Å². The molecule has 0 amide bonds. The highest BCUT2D eigenvalue weighted by atomic mass is 16.4. The number of carbonyl (C=O) groups is 1. The van der Waals surface area contributed by atoms with Crippen LogP contribution in [0.3, 0.4) is 0 Å². The molecular weight excluding hydrogens is 242 g/mol. The van der Waals surface area contributed by atoms with E-state index in [4.69, 9.17) is 0 Å². The first kappa shape index (κ1) is 14.8. The van der Waals surface area contributed by atoms with E-state index in [1.54, 1.807) is 0 Å². The monoisotopic (exact) mass is 269 g/mol. The van der Waals surface area contributed by atoms with Gasteiger partial charge in [-0.15, -0.1) is 0 Å². The summed E-state index contributed by atoms with van der Waals surface area (Å²) in [6, 6.07) is 0. The van der Waals surface area contributed by atoms with E-state index in [0.717, 1.165) is 52.1 Å². The van der Waals surface area contributed by atoms with E-state index >= 15 is 0 Å². The quantitative estimate of drug-likeness (QED) is 0.703. The maximum absolute atomic E-state index is 11.8. The van der Waals surface area contributed by atoms with Gasteiger partial charge in [-0.2, -0.15) is 0 Å². The van der Waals surface area contributed by atoms with Gasteiger partial charge in [-0.1, -0.05) is 13.8 Å². The van der Waals surface area contributed by atoms with Crippen LogP contribution in [-0.2, 0) is 4.79 Å². The van der Waals surface area contributed by atoms with Crippen LogP contribution in [0.4, 0.5) is 0 Å². The minimum Gasteiger partial charge on any atom is -0.480 e. The third kappa shape index (κ3) is 3.27. The zero-order valence-electron chi connectivity index (χ0n) is 12.2. The molecule has 2 rings (SSSR count). The number of rotatable bonds is 7. The van der Waals surface area contributed by atoms with E-state index in [0.29, 0.717) is 12.5 Å². The number of likely N-dealkylation sites (N-methyl/N-ethyl adjacent to an activating group) is 2. The zero-order valence-corrected chi connectivity index (χ0v) is 12.2. The Bertz CT molecular complexity index is 312. The van der Waals surface area contributed by atoms with Crippen molar-refractivity contribution in [1.82, 2.24) is 15.1 Å². The number of carboxylic acid groups (broad SMARTS) is 1. The van der Waals surface area contributed by atoms with Gasteiger partial charge in [0, 0.05) is 32.7 Å². The smallest absolute Gasteiger partial charge is 0.325 e. The Morgan fingerprint density at radius 1 is 1.21 bits per heavy atom. The summed E-state index contributed by atoms with van der Waals surface area (Å²) in [5.74, 6) is -0.357. The molecule has 5 heteroatoms. The van der Waals surface area contributed by atoms with E-state index in [9.17, 15) is 9.90 Å². The van der Waals surface area contributed by atoms with Crippen LogP contribution in [0.25, 0.3) is 0 Å². The Hall–Kier alpha value is -0.650. The van der Waals surface area contributed by atoms with Crippen LogP contribution in [0.1, 0.15) is 26.7 Å². The molecule has 19 heavy (non-hydrogen) atoms. The lowest BCUT2D eigenvalue weighted by atomic mass is 9.92. The van der Waals surface area contributed by atoms with Crippen molar-refractivity contribution in [1.29, 1.82) is 0 Å². The lowest BCUT2D eigenvalue weighted by Gasteiger charge is -2.40. The molecule has 2 N–H and O–H groups in total. The summed E-state index contributed by atoms with van der Waals surface area (Å²) in [5, 5.41) is 13.0. The third-order valence-corrected chi connectivity index (χ3v) is 4.53. The summed E-state index contributed by atoms with van der Waals surface area (Å²) in [4.78, 5) is 16.5. The number of carboxylic acids is 1. The third-order valence-electron chi connectivity index (χ3n) is 4.53. The normalized spacial score (nSPS) is 25.2. The van der Waals surface area contributed by atoms with Gasteiger partial charge in [0.1, 0.15) is 5.54 Å². The van der Waals surface area contributed by atoms with Crippen LogP contribution in [0.15, 0.2) is 0 Å². The molecule has 1 unspecified atom stereocenters. The number of nitrogens with zero attached hydrogens (tertiary/aromatic N) is 2. The van der Waals surface area contributed by atoms with Crippen LogP contribution in [0.5, 0.6) is 0 Å². The standard InChI is InChI=1S/C14H27N3O2/c1-3-15-14(13(18)19,12-5-6-12)11-17-9-7-16(4-2)8-10-17/h12,15H,3-11H2,1-2H3,(H,18,19). The van der Waals surface area contributed by atoms with Crippen molar-refractivity contribution < 1.29 is 9.90 Å². The van der Waals surface area contributed by atoms with Gasteiger partial charge in [0.05, 0.1) is 0 Å². The molecule has 1 aliphatic heterocycles. The minimum atomic E-state index is -0.719. The molecule has 110 valence electrons. The number of nitrogens with one attached hydrogen (secondary N) is 1. The van der Waals surface area contributed by atoms with Gasteiger partial charge in [-0.25, -0.2) is 0 Å². The Balaban J connectivity index is 1.98. The molecule has 0 aromatic rings. The average Bonchev–Trinajstić information content (AvgIpc) is 3.23. The van der Waals surface area contributed by atoms with Crippen molar-refractivity contribution in [2.24, 2.45) is 5.92 Å². The Kier molecular flexibility index (Phi) is 4.81. The van der Waals surface area contributed by atoms with Crippen LogP contribution in [-0.4, -0.2) is 72.2 Å². The number of hydrogen-bond acceptors (Lipinski definition) is 4. The molecule has 1 saturated heterocycles. The minimum absolute atomic E-state index is 0.314. The predicted molar refractivity (Wildman–Crippen MR) is 75.3 cm³/mol. The molecule has 0 bridgehead atoms. The summed E-state index contributed by atoms with van der Waals surface area (Å²) in [6.45, 7) is 10.7. The molecule has 0 aromatic carbocycles. The fourth-order valence-electron chi connectivity index (χ4n) is 3.16. The van der Waals surface area contributed by atoms with Crippen LogP contribution in [0.2, 0.25) is 0 Å². The molecule has 2 fully saturated rings. The first-order chi connectivity index (χ1) is 9.12. The van der Waals surface area contributed by atoms with Gasteiger partial charge in [-0.3, -0.25) is 9.69 Å². The van der Waals surface area contributed by atoms with E-state index < -0.39 is 11.5 Å². The largest absolute Gasteiger partial charge is 0.480 e.